The number of thiazole rings is 1. The highest BCUT2D eigenvalue weighted by Gasteiger charge is 2.14. The van der Waals surface area contributed by atoms with Crippen LogP contribution in [0.15, 0.2) is 29.8 Å². The molecule has 0 N–H and O–H groups in total. The molecule has 5 heteroatoms. The molecule has 0 bridgehead atoms. The van der Waals surface area contributed by atoms with E-state index in [1.54, 1.807) is 12.3 Å². The van der Waals surface area contributed by atoms with Gasteiger partial charge in [-0.1, -0.05) is 12.2 Å². The maximum atomic E-state index is 11.4. The van der Waals surface area contributed by atoms with Crippen LogP contribution < -0.4 is 4.90 Å². The number of esters is 1. The normalized spacial score (nSPS) is 14.2. The van der Waals surface area contributed by atoms with Crippen LogP contribution in [0.5, 0.6) is 0 Å². The monoisotopic (exact) mass is 236 g/mol. The van der Waals surface area contributed by atoms with Crippen LogP contribution in [0.2, 0.25) is 0 Å². The molecule has 1 aromatic heterocycles. The van der Waals surface area contributed by atoms with Gasteiger partial charge in [0.2, 0.25) is 0 Å². The van der Waals surface area contributed by atoms with Gasteiger partial charge in [0.1, 0.15) is 0 Å². The van der Waals surface area contributed by atoms with Gasteiger partial charge in [-0.3, -0.25) is 0 Å². The number of carbonyl (C=O) groups excluding carboxylic acids is 1. The molecule has 0 spiro atoms. The summed E-state index contributed by atoms with van der Waals surface area (Å²) in [6.07, 6.45) is 7.89. The van der Waals surface area contributed by atoms with Gasteiger partial charge in [-0.05, 0) is 13.0 Å². The average Bonchev–Trinajstić information content (AvgIpc) is 2.80. The van der Waals surface area contributed by atoms with Crippen LogP contribution in [0, 0.1) is 0 Å². The summed E-state index contributed by atoms with van der Waals surface area (Å²) in [5.41, 5.74) is 0.379. The van der Waals surface area contributed by atoms with Crippen molar-refractivity contribution in [2.24, 2.45) is 0 Å². The first-order valence-corrected chi connectivity index (χ1v) is 5.92. The van der Waals surface area contributed by atoms with Crippen molar-refractivity contribution >= 4 is 22.4 Å². The van der Waals surface area contributed by atoms with Crippen LogP contribution in [-0.4, -0.2) is 24.1 Å². The summed E-state index contributed by atoms with van der Waals surface area (Å²) in [4.78, 5) is 17.6. The number of aromatic nitrogens is 1. The molecule has 0 aromatic carbocycles. The van der Waals surface area contributed by atoms with Gasteiger partial charge in [-0.25, -0.2) is 9.78 Å². The number of hydrogen-bond acceptors (Lipinski definition) is 5. The first-order valence-electron chi connectivity index (χ1n) is 5.04. The lowest BCUT2D eigenvalue weighted by atomic mass is 10.4. The molecule has 0 aliphatic carbocycles. The molecular weight excluding hydrogens is 224 g/mol. The first-order chi connectivity index (χ1) is 7.81. The Kier molecular flexibility index (Phi) is 3.36. The van der Waals surface area contributed by atoms with Crippen molar-refractivity contribution in [3.05, 3.63) is 35.5 Å². The maximum absolute atomic E-state index is 11.4. The zero-order chi connectivity index (χ0) is 11.4. The summed E-state index contributed by atoms with van der Waals surface area (Å²) in [7, 11) is 0. The lowest BCUT2D eigenvalue weighted by Crippen LogP contribution is -2.17. The molecular formula is C11H12N2O2S. The smallest absolute Gasteiger partial charge is 0.357 e. The predicted octanol–water partition coefficient (Wildman–Crippen LogP) is 2.21. The predicted molar refractivity (Wildman–Crippen MR) is 63.7 cm³/mol. The van der Waals surface area contributed by atoms with Crippen LogP contribution in [0.4, 0.5) is 5.13 Å². The van der Waals surface area contributed by atoms with E-state index in [-0.39, 0.29) is 5.97 Å². The van der Waals surface area contributed by atoms with Crippen LogP contribution in [0.3, 0.4) is 0 Å². The van der Waals surface area contributed by atoms with E-state index < -0.39 is 0 Å². The first kappa shape index (κ1) is 10.9. The third kappa shape index (κ3) is 2.30. The summed E-state index contributed by atoms with van der Waals surface area (Å²) in [6, 6.07) is 0. The maximum Gasteiger partial charge on any atom is 0.357 e. The van der Waals surface area contributed by atoms with Crippen molar-refractivity contribution in [1.82, 2.24) is 4.98 Å². The van der Waals surface area contributed by atoms with E-state index >= 15 is 0 Å². The number of carbonyl (C=O) groups is 1. The Bertz CT molecular complexity index is 437. The molecule has 2 heterocycles. The van der Waals surface area contributed by atoms with E-state index in [9.17, 15) is 4.79 Å². The molecule has 0 saturated heterocycles. The minimum atomic E-state index is -0.360. The highest BCUT2D eigenvalue weighted by molar-refractivity contribution is 7.14. The Morgan fingerprint density at radius 1 is 1.62 bits per heavy atom. The zero-order valence-corrected chi connectivity index (χ0v) is 9.74. The second kappa shape index (κ2) is 4.94. The molecule has 0 radical (unpaired) electrons. The molecule has 0 fully saturated rings. The van der Waals surface area contributed by atoms with Crippen molar-refractivity contribution in [3.8, 4) is 0 Å². The van der Waals surface area contributed by atoms with Crippen LogP contribution in [0.25, 0.3) is 0 Å². The molecule has 0 amide bonds. The van der Waals surface area contributed by atoms with Crippen molar-refractivity contribution in [2.75, 3.05) is 18.1 Å². The number of hydrogen-bond donors (Lipinski definition) is 0. The van der Waals surface area contributed by atoms with E-state index in [2.05, 4.69) is 4.98 Å². The fourth-order valence-corrected chi connectivity index (χ4v) is 2.09. The van der Waals surface area contributed by atoms with Gasteiger partial charge >= 0.3 is 5.97 Å². The van der Waals surface area contributed by atoms with E-state index in [1.807, 2.05) is 29.3 Å². The number of rotatable bonds is 3. The minimum absolute atomic E-state index is 0.360. The van der Waals surface area contributed by atoms with Crippen molar-refractivity contribution < 1.29 is 9.53 Å². The fourth-order valence-electron chi connectivity index (χ4n) is 1.30. The molecule has 1 aliphatic rings. The SMILES string of the molecule is CCOC(=O)c1csc(N2C=CC=CC2)n1. The average molecular weight is 236 g/mol. The summed E-state index contributed by atoms with van der Waals surface area (Å²) in [5, 5.41) is 2.53. The number of nitrogens with zero attached hydrogens (tertiary/aromatic N) is 2. The molecule has 1 aliphatic heterocycles. The quantitative estimate of drug-likeness (QED) is 0.755. The Morgan fingerprint density at radius 3 is 3.19 bits per heavy atom. The van der Waals surface area contributed by atoms with Crippen LogP contribution in [0.1, 0.15) is 17.4 Å². The van der Waals surface area contributed by atoms with Crippen LogP contribution in [-0.2, 0) is 4.74 Å². The van der Waals surface area contributed by atoms with Gasteiger partial charge in [0.25, 0.3) is 0 Å². The summed E-state index contributed by atoms with van der Waals surface area (Å²) < 4.78 is 4.88. The fraction of sp³-hybridized carbons (Fsp3) is 0.273. The zero-order valence-electron chi connectivity index (χ0n) is 8.92. The van der Waals surface area contributed by atoms with Crippen molar-refractivity contribution in [2.45, 2.75) is 6.92 Å². The van der Waals surface area contributed by atoms with Gasteiger partial charge < -0.3 is 9.64 Å². The third-order valence-corrected chi connectivity index (χ3v) is 2.92. The Balaban J connectivity index is 2.10. The molecule has 84 valence electrons. The van der Waals surface area contributed by atoms with Gasteiger partial charge in [0.15, 0.2) is 10.8 Å². The van der Waals surface area contributed by atoms with E-state index in [0.717, 1.165) is 11.7 Å². The Labute approximate surface area is 97.9 Å². The molecule has 0 saturated carbocycles. The number of anilines is 1. The molecule has 0 atom stereocenters. The van der Waals surface area contributed by atoms with Crippen molar-refractivity contribution in [3.63, 3.8) is 0 Å². The summed E-state index contributed by atoms with van der Waals surface area (Å²) >= 11 is 1.44. The van der Waals surface area contributed by atoms with Gasteiger partial charge in [-0.15, -0.1) is 11.3 Å². The highest BCUT2D eigenvalue weighted by atomic mass is 32.1. The summed E-state index contributed by atoms with van der Waals surface area (Å²) in [5.74, 6) is -0.360. The van der Waals surface area contributed by atoms with E-state index in [4.69, 9.17) is 4.74 Å². The summed E-state index contributed by atoms with van der Waals surface area (Å²) in [6.45, 7) is 2.94. The Morgan fingerprint density at radius 2 is 2.50 bits per heavy atom. The Hall–Kier alpha value is -1.62. The van der Waals surface area contributed by atoms with E-state index in [0.29, 0.717) is 12.3 Å². The topological polar surface area (TPSA) is 42.4 Å². The molecule has 0 unspecified atom stereocenters. The standard InChI is InChI=1S/C11H12N2O2S/c1-2-15-10(14)9-8-16-11(12-9)13-6-4-3-5-7-13/h3-6,8H,2,7H2,1H3. The third-order valence-electron chi connectivity index (χ3n) is 2.04. The highest BCUT2D eigenvalue weighted by Crippen LogP contribution is 2.22. The molecule has 2 rings (SSSR count). The number of allylic oxidation sites excluding steroid dienone is 2. The molecule has 16 heavy (non-hydrogen) atoms. The molecule has 1 aromatic rings. The number of ether oxygens (including phenoxy) is 1. The molecule has 4 nitrogen and oxygen atoms in total. The minimum Gasteiger partial charge on any atom is -0.461 e. The van der Waals surface area contributed by atoms with Gasteiger partial charge in [0.05, 0.1) is 6.61 Å². The van der Waals surface area contributed by atoms with Gasteiger partial charge in [0, 0.05) is 18.1 Å². The van der Waals surface area contributed by atoms with Gasteiger partial charge in [-0.2, -0.15) is 0 Å². The lowest BCUT2D eigenvalue weighted by Gasteiger charge is -2.16. The van der Waals surface area contributed by atoms with Crippen molar-refractivity contribution in [1.29, 1.82) is 0 Å². The second-order valence-corrected chi connectivity index (χ2v) is 3.99. The van der Waals surface area contributed by atoms with Crippen LogP contribution >= 0.6 is 11.3 Å². The lowest BCUT2D eigenvalue weighted by molar-refractivity contribution is 0.0520. The second-order valence-electron chi connectivity index (χ2n) is 3.16. The van der Waals surface area contributed by atoms with E-state index in [1.165, 1.54) is 11.3 Å². The largest absolute Gasteiger partial charge is 0.461 e.